The van der Waals surface area contributed by atoms with Crippen molar-refractivity contribution >= 4 is 5.91 Å². The number of hydrogen-bond donors (Lipinski definition) is 1. The molecule has 3 heterocycles. The van der Waals surface area contributed by atoms with Crippen LogP contribution >= 0.6 is 0 Å². The molecule has 5 nitrogen and oxygen atoms in total. The van der Waals surface area contributed by atoms with Crippen molar-refractivity contribution in [1.82, 2.24) is 15.3 Å². The highest BCUT2D eigenvalue weighted by atomic mass is 19.4. The van der Waals surface area contributed by atoms with E-state index in [0.717, 1.165) is 23.9 Å². The van der Waals surface area contributed by atoms with Crippen LogP contribution in [0, 0.1) is 0 Å². The molecule has 0 aromatic carbocycles. The molecule has 1 aliphatic rings. The average Bonchev–Trinajstić information content (AvgIpc) is 3.03. The summed E-state index contributed by atoms with van der Waals surface area (Å²) >= 11 is 0. The predicted octanol–water partition coefficient (Wildman–Crippen LogP) is 2.76. The van der Waals surface area contributed by atoms with E-state index in [1.54, 1.807) is 24.5 Å². The molecule has 8 heteroatoms. The van der Waals surface area contributed by atoms with Gasteiger partial charge in [0.2, 0.25) is 0 Å². The molecule has 0 saturated carbocycles. The summed E-state index contributed by atoms with van der Waals surface area (Å²) in [4.78, 5) is 19.9. The molecule has 0 aliphatic carbocycles. The van der Waals surface area contributed by atoms with Crippen molar-refractivity contribution in [1.29, 1.82) is 0 Å². The minimum atomic E-state index is -4.64. The van der Waals surface area contributed by atoms with Gasteiger partial charge < -0.3 is 10.1 Å². The zero-order valence-corrected chi connectivity index (χ0v) is 12.5. The number of halogens is 3. The largest absolute Gasteiger partial charge is 0.418 e. The van der Waals surface area contributed by atoms with E-state index in [1.807, 2.05) is 0 Å². The fourth-order valence-corrected chi connectivity index (χ4v) is 2.66. The first-order chi connectivity index (χ1) is 11.5. The topological polar surface area (TPSA) is 64.1 Å². The number of ether oxygens (including phenoxy) is 1. The van der Waals surface area contributed by atoms with Gasteiger partial charge in [-0.3, -0.25) is 14.8 Å². The monoisotopic (exact) mass is 337 g/mol. The zero-order chi connectivity index (χ0) is 17.2. The van der Waals surface area contributed by atoms with Crippen LogP contribution in [0.1, 0.15) is 34.1 Å². The van der Waals surface area contributed by atoms with Crippen molar-refractivity contribution in [3.05, 3.63) is 59.7 Å². The molecule has 3 rings (SSSR count). The maximum atomic E-state index is 13.0. The molecule has 1 aliphatic heterocycles. The highest BCUT2D eigenvalue weighted by Crippen LogP contribution is 2.32. The van der Waals surface area contributed by atoms with Gasteiger partial charge in [-0.2, -0.15) is 13.2 Å². The number of nitrogens with one attached hydrogen (secondary N) is 1. The minimum absolute atomic E-state index is 0.402. The molecule has 0 radical (unpaired) electrons. The van der Waals surface area contributed by atoms with Crippen molar-refractivity contribution in [2.75, 3.05) is 6.61 Å². The fourth-order valence-electron chi connectivity index (χ4n) is 2.66. The highest BCUT2D eigenvalue weighted by Gasteiger charge is 2.37. The summed E-state index contributed by atoms with van der Waals surface area (Å²) < 4.78 is 44.6. The molecule has 2 aromatic heterocycles. The molecule has 24 heavy (non-hydrogen) atoms. The van der Waals surface area contributed by atoms with Crippen molar-refractivity contribution in [3.8, 4) is 0 Å². The Balaban J connectivity index is 1.80. The van der Waals surface area contributed by atoms with Crippen LogP contribution in [0.3, 0.4) is 0 Å². The minimum Gasteiger partial charge on any atom is -0.371 e. The second kappa shape index (κ2) is 6.56. The normalized spacial score (nSPS) is 20.8. The molecule has 0 spiro atoms. The quantitative estimate of drug-likeness (QED) is 0.935. The molecule has 2 atom stereocenters. The predicted molar refractivity (Wildman–Crippen MR) is 78.0 cm³/mol. The molecular formula is C16H14F3N3O2. The Bertz CT molecular complexity index is 722. The molecule has 126 valence electrons. The molecule has 0 unspecified atom stereocenters. The lowest BCUT2D eigenvalue weighted by Gasteiger charge is -2.20. The lowest BCUT2D eigenvalue weighted by atomic mass is 10.0. The van der Waals surface area contributed by atoms with Gasteiger partial charge in [0, 0.05) is 30.8 Å². The van der Waals surface area contributed by atoms with E-state index in [1.165, 1.54) is 0 Å². The maximum absolute atomic E-state index is 13.0. The SMILES string of the molecule is O=C(N[C@H]1CCO[C@@H]1c1cccnc1)c1ncccc1C(F)(F)F. The van der Waals surface area contributed by atoms with Gasteiger partial charge in [-0.1, -0.05) is 6.07 Å². The van der Waals surface area contributed by atoms with Gasteiger partial charge in [-0.15, -0.1) is 0 Å². The van der Waals surface area contributed by atoms with Gasteiger partial charge in [0.05, 0.1) is 11.6 Å². The molecule has 2 aromatic rings. The third-order valence-corrected chi connectivity index (χ3v) is 3.75. The van der Waals surface area contributed by atoms with Gasteiger partial charge in [0.15, 0.2) is 0 Å². The Morgan fingerprint density at radius 3 is 2.75 bits per heavy atom. The van der Waals surface area contributed by atoms with E-state index in [0.29, 0.717) is 13.0 Å². The first kappa shape index (κ1) is 16.4. The number of rotatable bonds is 3. The smallest absolute Gasteiger partial charge is 0.371 e. The second-order valence-electron chi connectivity index (χ2n) is 5.34. The standard InChI is InChI=1S/C16H14F3N3O2/c17-16(18,19)11-4-2-7-21-13(11)15(23)22-12-5-8-24-14(12)10-3-1-6-20-9-10/h1-4,6-7,9,12,14H,5,8H2,(H,22,23)/t12-,14+/m0/s1. The fraction of sp³-hybridized carbons (Fsp3) is 0.312. The van der Waals surface area contributed by atoms with Crippen LogP contribution in [-0.4, -0.2) is 28.5 Å². The Kier molecular flexibility index (Phi) is 4.48. The van der Waals surface area contributed by atoms with Gasteiger partial charge in [0.25, 0.3) is 5.91 Å². The van der Waals surface area contributed by atoms with E-state index in [4.69, 9.17) is 4.74 Å². The summed E-state index contributed by atoms with van der Waals surface area (Å²) in [6.45, 7) is 0.402. The number of hydrogen-bond acceptors (Lipinski definition) is 4. The van der Waals surface area contributed by atoms with E-state index < -0.39 is 35.5 Å². The third-order valence-electron chi connectivity index (χ3n) is 3.75. The summed E-state index contributed by atoms with van der Waals surface area (Å²) in [5.74, 6) is -0.868. The number of pyridine rings is 2. The summed E-state index contributed by atoms with van der Waals surface area (Å²) in [5, 5.41) is 2.60. The van der Waals surface area contributed by atoms with Crippen LogP contribution in [0.4, 0.5) is 13.2 Å². The van der Waals surface area contributed by atoms with Crippen molar-refractivity contribution < 1.29 is 22.7 Å². The van der Waals surface area contributed by atoms with Crippen LogP contribution in [0.2, 0.25) is 0 Å². The lowest BCUT2D eigenvalue weighted by molar-refractivity contribution is -0.138. The van der Waals surface area contributed by atoms with E-state index in [9.17, 15) is 18.0 Å². The first-order valence-electron chi connectivity index (χ1n) is 7.31. The Hall–Kier alpha value is -2.48. The maximum Gasteiger partial charge on any atom is 0.418 e. The molecule has 1 N–H and O–H groups in total. The van der Waals surface area contributed by atoms with Gasteiger partial charge in [-0.25, -0.2) is 0 Å². The second-order valence-corrected chi connectivity index (χ2v) is 5.34. The van der Waals surface area contributed by atoms with Crippen molar-refractivity contribution in [2.24, 2.45) is 0 Å². The first-order valence-corrected chi connectivity index (χ1v) is 7.31. The van der Waals surface area contributed by atoms with Gasteiger partial charge in [-0.05, 0) is 24.6 Å². The average molecular weight is 337 g/mol. The van der Waals surface area contributed by atoms with Gasteiger partial charge >= 0.3 is 6.18 Å². The van der Waals surface area contributed by atoms with Crippen LogP contribution in [0.25, 0.3) is 0 Å². The third kappa shape index (κ3) is 3.38. The van der Waals surface area contributed by atoms with Crippen LogP contribution in [-0.2, 0) is 10.9 Å². The molecule has 1 saturated heterocycles. The van der Waals surface area contributed by atoms with Gasteiger partial charge in [0.1, 0.15) is 11.8 Å². The van der Waals surface area contributed by atoms with E-state index >= 15 is 0 Å². The highest BCUT2D eigenvalue weighted by molar-refractivity contribution is 5.94. The number of amides is 1. The summed E-state index contributed by atoms with van der Waals surface area (Å²) in [7, 11) is 0. The zero-order valence-electron chi connectivity index (χ0n) is 12.5. The number of alkyl halides is 3. The van der Waals surface area contributed by atoms with Crippen molar-refractivity contribution in [3.63, 3.8) is 0 Å². The van der Waals surface area contributed by atoms with Crippen molar-refractivity contribution in [2.45, 2.75) is 24.7 Å². The molecular weight excluding hydrogens is 323 g/mol. The Labute approximate surface area is 135 Å². The van der Waals surface area contributed by atoms with Crippen LogP contribution in [0.15, 0.2) is 42.9 Å². The number of nitrogens with zero attached hydrogens (tertiary/aromatic N) is 2. The Morgan fingerprint density at radius 1 is 1.25 bits per heavy atom. The number of carbonyl (C=O) groups excluding carboxylic acids is 1. The van der Waals surface area contributed by atoms with E-state index in [-0.39, 0.29) is 0 Å². The summed E-state index contributed by atoms with van der Waals surface area (Å²) in [6.07, 6.45) is -0.212. The lowest BCUT2D eigenvalue weighted by Crippen LogP contribution is -2.38. The van der Waals surface area contributed by atoms with Crippen LogP contribution in [0.5, 0.6) is 0 Å². The number of carbonyl (C=O) groups is 1. The van der Waals surface area contributed by atoms with E-state index in [2.05, 4.69) is 15.3 Å². The molecule has 1 amide bonds. The Morgan fingerprint density at radius 2 is 2.04 bits per heavy atom. The van der Waals surface area contributed by atoms with Crippen LogP contribution < -0.4 is 5.32 Å². The molecule has 1 fully saturated rings. The summed E-state index contributed by atoms with van der Waals surface area (Å²) in [5.41, 5.74) is -0.932. The summed E-state index contributed by atoms with van der Waals surface area (Å²) in [6, 6.07) is 5.08. The molecule has 0 bridgehead atoms. The number of aromatic nitrogens is 2.